The zero-order valence-electron chi connectivity index (χ0n) is 11.9. The van der Waals surface area contributed by atoms with Gasteiger partial charge in [-0.05, 0) is 18.6 Å². The first-order valence-electron chi connectivity index (χ1n) is 6.74. The Morgan fingerprint density at radius 2 is 2.05 bits per heavy atom. The van der Waals surface area contributed by atoms with Gasteiger partial charge in [0.15, 0.2) is 0 Å². The summed E-state index contributed by atoms with van der Waals surface area (Å²) in [5.41, 5.74) is 2.18. The highest BCUT2D eigenvalue weighted by Crippen LogP contribution is 2.16. The SMILES string of the molecule is Cc1cccc(Cn2cnc3cc([N+](=O)[O-])ccc3c2=O)c1. The minimum absolute atomic E-state index is 0.0733. The lowest BCUT2D eigenvalue weighted by atomic mass is 10.1. The van der Waals surface area contributed by atoms with Crippen LogP contribution in [-0.2, 0) is 6.54 Å². The molecule has 0 unspecified atom stereocenters. The first kappa shape index (κ1) is 13.9. The van der Waals surface area contributed by atoms with Gasteiger partial charge in [-0.3, -0.25) is 19.5 Å². The molecule has 6 nitrogen and oxygen atoms in total. The Morgan fingerprint density at radius 1 is 1.23 bits per heavy atom. The van der Waals surface area contributed by atoms with Crippen LogP contribution >= 0.6 is 0 Å². The third-order valence-electron chi connectivity index (χ3n) is 3.46. The number of benzene rings is 2. The smallest absolute Gasteiger partial charge is 0.271 e. The first-order valence-corrected chi connectivity index (χ1v) is 6.74. The number of nitro benzene ring substituents is 1. The van der Waals surface area contributed by atoms with Crippen LogP contribution in [0.15, 0.2) is 53.6 Å². The van der Waals surface area contributed by atoms with Gasteiger partial charge in [0.2, 0.25) is 0 Å². The van der Waals surface area contributed by atoms with Crippen molar-refractivity contribution in [3.8, 4) is 0 Å². The molecule has 0 saturated heterocycles. The van der Waals surface area contributed by atoms with E-state index in [0.717, 1.165) is 11.1 Å². The Bertz CT molecular complexity index is 931. The van der Waals surface area contributed by atoms with E-state index in [2.05, 4.69) is 4.98 Å². The molecule has 6 heteroatoms. The predicted octanol–water partition coefficient (Wildman–Crippen LogP) is 2.66. The average molecular weight is 295 g/mol. The van der Waals surface area contributed by atoms with E-state index in [0.29, 0.717) is 17.4 Å². The number of non-ortho nitro benzene ring substituents is 1. The van der Waals surface area contributed by atoms with Crippen LogP contribution in [0.5, 0.6) is 0 Å². The molecule has 1 aromatic heterocycles. The molecular weight excluding hydrogens is 282 g/mol. The van der Waals surface area contributed by atoms with Gasteiger partial charge in [0.05, 0.1) is 28.7 Å². The van der Waals surface area contributed by atoms with Crippen molar-refractivity contribution in [1.82, 2.24) is 9.55 Å². The van der Waals surface area contributed by atoms with Crippen LogP contribution in [0.25, 0.3) is 10.9 Å². The number of rotatable bonds is 3. The van der Waals surface area contributed by atoms with Crippen molar-refractivity contribution in [3.05, 3.63) is 80.4 Å². The van der Waals surface area contributed by atoms with Gasteiger partial charge < -0.3 is 0 Å². The van der Waals surface area contributed by atoms with Crippen LogP contribution < -0.4 is 5.56 Å². The van der Waals surface area contributed by atoms with E-state index in [-0.39, 0.29) is 11.2 Å². The van der Waals surface area contributed by atoms with Gasteiger partial charge in [0, 0.05) is 12.1 Å². The van der Waals surface area contributed by atoms with Gasteiger partial charge in [-0.2, -0.15) is 0 Å². The molecule has 0 aliphatic carbocycles. The van der Waals surface area contributed by atoms with E-state index in [9.17, 15) is 14.9 Å². The summed E-state index contributed by atoms with van der Waals surface area (Å²) in [6.45, 7) is 2.41. The summed E-state index contributed by atoms with van der Waals surface area (Å²) in [5.74, 6) is 0. The van der Waals surface area contributed by atoms with Crippen LogP contribution in [0.4, 0.5) is 5.69 Å². The highest BCUT2D eigenvalue weighted by atomic mass is 16.6. The molecule has 0 aliphatic heterocycles. The molecule has 0 radical (unpaired) electrons. The number of hydrogen-bond donors (Lipinski definition) is 0. The van der Waals surface area contributed by atoms with Crippen LogP contribution in [-0.4, -0.2) is 14.5 Å². The molecule has 0 fully saturated rings. The van der Waals surface area contributed by atoms with Crippen molar-refractivity contribution in [2.24, 2.45) is 0 Å². The zero-order valence-corrected chi connectivity index (χ0v) is 11.9. The van der Waals surface area contributed by atoms with Crippen molar-refractivity contribution in [3.63, 3.8) is 0 Å². The van der Waals surface area contributed by atoms with Crippen LogP contribution in [0.3, 0.4) is 0 Å². The highest BCUT2D eigenvalue weighted by Gasteiger charge is 2.10. The van der Waals surface area contributed by atoms with Gasteiger partial charge in [-0.15, -0.1) is 0 Å². The molecule has 3 aromatic rings. The fraction of sp³-hybridized carbons (Fsp3) is 0.125. The average Bonchev–Trinajstić information content (AvgIpc) is 2.50. The van der Waals surface area contributed by atoms with Gasteiger partial charge >= 0.3 is 0 Å². The van der Waals surface area contributed by atoms with Crippen molar-refractivity contribution in [2.75, 3.05) is 0 Å². The number of aryl methyl sites for hydroxylation is 1. The Labute approximate surface area is 125 Å². The third-order valence-corrected chi connectivity index (χ3v) is 3.46. The summed E-state index contributed by atoms with van der Waals surface area (Å²) in [7, 11) is 0. The molecule has 110 valence electrons. The Morgan fingerprint density at radius 3 is 2.77 bits per heavy atom. The maximum absolute atomic E-state index is 12.5. The number of aromatic nitrogens is 2. The molecule has 0 N–H and O–H groups in total. The predicted molar refractivity (Wildman–Crippen MR) is 82.9 cm³/mol. The van der Waals surface area contributed by atoms with Crippen molar-refractivity contribution in [2.45, 2.75) is 13.5 Å². The second-order valence-electron chi connectivity index (χ2n) is 5.13. The van der Waals surface area contributed by atoms with Gasteiger partial charge in [-0.25, -0.2) is 4.98 Å². The van der Waals surface area contributed by atoms with E-state index < -0.39 is 4.92 Å². The van der Waals surface area contributed by atoms with Crippen molar-refractivity contribution in [1.29, 1.82) is 0 Å². The molecule has 0 amide bonds. The molecule has 0 bridgehead atoms. The second-order valence-corrected chi connectivity index (χ2v) is 5.13. The van der Waals surface area contributed by atoms with Crippen LogP contribution in [0.1, 0.15) is 11.1 Å². The second kappa shape index (κ2) is 5.40. The highest BCUT2D eigenvalue weighted by molar-refractivity contribution is 5.79. The number of fused-ring (bicyclic) bond motifs is 1. The summed E-state index contributed by atoms with van der Waals surface area (Å²) in [4.78, 5) is 26.9. The van der Waals surface area contributed by atoms with Crippen LogP contribution in [0, 0.1) is 17.0 Å². The fourth-order valence-electron chi connectivity index (χ4n) is 2.38. The van der Waals surface area contributed by atoms with Gasteiger partial charge in [0.25, 0.3) is 11.2 Å². The van der Waals surface area contributed by atoms with Gasteiger partial charge in [-0.1, -0.05) is 29.8 Å². The lowest BCUT2D eigenvalue weighted by molar-refractivity contribution is -0.384. The standard InChI is InChI=1S/C16H13N3O3/c1-11-3-2-4-12(7-11)9-18-10-17-15-8-13(19(21)22)5-6-14(15)16(18)20/h2-8,10H,9H2,1H3. The first-order chi connectivity index (χ1) is 10.5. The summed E-state index contributed by atoms with van der Waals surface area (Å²) >= 11 is 0. The zero-order chi connectivity index (χ0) is 15.7. The molecule has 0 atom stereocenters. The topological polar surface area (TPSA) is 78.0 Å². The van der Waals surface area contributed by atoms with E-state index in [1.54, 1.807) is 0 Å². The summed E-state index contributed by atoms with van der Waals surface area (Å²) in [5, 5.41) is 11.1. The normalized spacial score (nSPS) is 10.8. The molecule has 0 saturated carbocycles. The van der Waals surface area contributed by atoms with Crippen LogP contribution in [0.2, 0.25) is 0 Å². The molecule has 2 aromatic carbocycles. The van der Waals surface area contributed by atoms with E-state index >= 15 is 0 Å². The minimum atomic E-state index is -0.501. The van der Waals surface area contributed by atoms with E-state index in [1.165, 1.54) is 29.1 Å². The number of nitrogens with zero attached hydrogens (tertiary/aromatic N) is 3. The van der Waals surface area contributed by atoms with Gasteiger partial charge in [0.1, 0.15) is 0 Å². The van der Waals surface area contributed by atoms with Crippen molar-refractivity contribution < 1.29 is 4.92 Å². The lowest BCUT2D eigenvalue weighted by Crippen LogP contribution is -2.21. The minimum Gasteiger partial charge on any atom is -0.294 e. The van der Waals surface area contributed by atoms with E-state index in [4.69, 9.17) is 0 Å². The number of nitro groups is 1. The molecule has 0 aliphatic rings. The number of hydrogen-bond acceptors (Lipinski definition) is 4. The van der Waals surface area contributed by atoms with E-state index in [1.807, 2.05) is 31.2 Å². The molecule has 0 spiro atoms. The summed E-state index contributed by atoms with van der Waals surface area (Å²) in [6, 6.07) is 12.0. The molecular formula is C16H13N3O3. The van der Waals surface area contributed by atoms with Crippen molar-refractivity contribution >= 4 is 16.6 Å². The quantitative estimate of drug-likeness (QED) is 0.549. The Kier molecular flexibility index (Phi) is 3.42. The Balaban J connectivity index is 2.05. The monoisotopic (exact) mass is 295 g/mol. The molecule has 3 rings (SSSR count). The summed E-state index contributed by atoms with van der Waals surface area (Å²) in [6.07, 6.45) is 1.43. The lowest BCUT2D eigenvalue weighted by Gasteiger charge is -2.07. The Hall–Kier alpha value is -3.02. The maximum atomic E-state index is 12.5. The fourth-order valence-corrected chi connectivity index (χ4v) is 2.38. The molecule has 22 heavy (non-hydrogen) atoms. The summed E-state index contributed by atoms with van der Waals surface area (Å²) < 4.78 is 1.50. The third kappa shape index (κ3) is 2.58. The largest absolute Gasteiger partial charge is 0.294 e. The maximum Gasteiger partial charge on any atom is 0.271 e. The molecule has 1 heterocycles.